The molecule has 6 atom stereocenters. The number of hydrogen-bond donors (Lipinski definition) is 1. The van der Waals surface area contributed by atoms with E-state index in [0.717, 1.165) is 12.8 Å². The first kappa shape index (κ1) is 23.0. The summed E-state index contributed by atoms with van der Waals surface area (Å²) in [7, 11) is 0. The molecule has 1 spiro atoms. The summed E-state index contributed by atoms with van der Waals surface area (Å²) < 4.78 is 11.9. The zero-order chi connectivity index (χ0) is 23.0. The highest BCUT2D eigenvalue weighted by Crippen LogP contribution is 2.54. The largest absolute Gasteiger partial charge is 0.465 e. The standard InChI is InChI=1S/C24H34N2O6/c1-4-5-11-25-12-8-10-24-19(18-17(32-24)9-6-7-13-31-23(18)30)21(28)26(20(24)22(25)29)16(14-27)15(2)3/h6,8-10,15-20,27H,4-5,7,11-14H2,1-3H3/t16-,17+,18-,19-,20?,24-/m0/s1. The molecule has 8 nitrogen and oxygen atoms in total. The van der Waals surface area contributed by atoms with E-state index >= 15 is 0 Å². The molecule has 0 aliphatic carbocycles. The van der Waals surface area contributed by atoms with Crippen molar-refractivity contribution in [2.45, 2.75) is 63.8 Å². The Hall–Kier alpha value is -2.19. The second-order valence-corrected chi connectivity index (χ2v) is 9.51. The van der Waals surface area contributed by atoms with Crippen molar-refractivity contribution >= 4 is 17.8 Å². The fourth-order valence-electron chi connectivity index (χ4n) is 5.62. The lowest BCUT2D eigenvalue weighted by atomic mass is 9.77. The van der Waals surface area contributed by atoms with Crippen LogP contribution >= 0.6 is 0 Å². The van der Waals surface area contributed by atoms with Gasteiger partial charge in [0.05, 0.1) is 31.3 Å². The van der Waals surface area contributed by atoms with E-state index in [-0.39, 0.29) is 30.9 Å². The summed E-state index contributed by atoms with van der Waals surface area (Å²) in [6.07, 6.45) is 9.19. The fourth-order valence-corrected chi connectivity index (χ4v) is 5.62. The third-order valence-corrected chi connectivity index (χ3v) is 7.24. The molecule has 8 heteroatoms. The molecule has 0 aromatic heterocycles. The Labute approximate surface area is 189 Å². The second-order valence-electron chi connectivity index (χ2n) is 9.51. The van der Waals surface area contributed by atoms with Crippen LogP contribution in [-0.2, 0) is 23.9 Å². The summed E-state index contributed by atoms with van der Waals surface area (Å²) in [4.78, 5) is 44.1. The molecule has 0 aromatic rings. The van der Waals surface area contributed by atoms with E-state index in [1.807, 2.05) is 38.2 Å². The van der Waals surface area contributed by atoms with Gasteiger partial charge in [0, 0.05) is 13.1 Å². The molecule has 0 radical (unpaired) electrons. The van der Waals surface area contributed by atoms with Gasteiger partial charge in [0.2, 0.25) is 11.8 Å². The minimum atomic E-state index is -1.26. The van der Waals surface area contributed by atoms with Gasteiger partial charge < -0.3 is 24.4 Å². The van der Waals surface area contributed by atoms with Gasteiger partial charge in [-0.3, -0.25) is 14.4 Å². The highest BCUT2D eigenvalue weighted by Gasteiger charge is 2.72. The smallest absolute Gasteiger partial charge is 0.312 e. The lowest BCUT2D eigenvalue weighted by Gasteiger charge is -2.39. The summed E-state index contributed by atoms with van der Waals surface area (Å²) in [6.45, 7) is 6.89. The Morgan fingerprint density at radius 1 is 1.22 bits per heavy atom. The Kier molecular flexibility index (Phi) is 6.45. The first-order valence-corrected chi connectivity index (χ1v) is 11.8. The van der Waals surface area contributed by atoms with Gasteiger partial charge in [0.1, 0.15) is 17.6 Å². The van der Waals surface area contributed by atoms with Crippen LogP contribution in [0.15, 0.2) is 24.3 Å². The molecule has 1 N–H and O–H groups in total. The van der Waals surface area contributed by atoms with Gasteiger partial charge in [-0.05, 0) is 18.8 Å². The first-order valence-electron chi connectivity index (χ1n) is 11.8. The van der Waals surface area contributed by atoms with Crippen LogP contribution in [0, 0.1) is 17.8 Å². The molecular formula is C24H34N2O6. The average molecular weight is 447 g/mol. The number of ether oxygens (including phenoxy) is 2. The molecule has 0 bridgehead atoms. The van der Waals surface area contributed by atoms with E-state index in [1.165, 1.54) is 4.90 Å². The van der Waals surface area contributed by atoms with Crippen LogP contribution in [0.5, 0.6) is 0 Å². The van der Waals surface area contributed by atoms with Crippen molar-refractivity contribution in [3.05, 3.63) is 24.3 Å². The van der Waals surface area contributed by atoms with Gasteiger partial charge in [0.25, 0.3) is 0 Å². The number of carbonyl (C=O) groups is 3. The van der Waals surface area contributed by atoms with E-state index in [9.17, 15) is 19.5 Å². The summed E-state index contributed by atoms with van der Waals surface area (Å²) in [5.41, 5.74) is -1.26. The molecule has 176 valence electrons. The number of amides is 2. The van der Waals surface area contributed by atoms with Gasteiger partial charge in [-0.15, -0.1) is 0 Å². The molecule has 4 rings (SSSR count). The third-order valence-electron chi connectivity index (χ3n) is 7.24. The normalized spacial score (nSPS) is 35.2. The number of aliphatic hydroxyl groups excluding tert-OH is 1. The lowest BCUT2D eigenvalue weighted by Crippen LogP contribution is -2.59. The van der Waals surface area contributed by atoms with Gasteiger partial charge >= 0.3 is 5.97 Å². The summed E-state index contributed by atoms with van der Waals surface area (Å²) in [5.74, 6) is -2.75. The molecule has 2 fully saturated rings. The van der Waals surface area contributed by atoms with Crippen LogP contribution in [0.2, 0.25) is 0 Å². The Morgan fingerprint density at radius 2 is 2.00 bits per heavy atom. The first-order chi connectivity index (χ1) is 15.4. The van der Waals surface area contributed by atoms with Crippen molar-refractivity contribution < 1.29 is 29.0 Å². The average Bonchev–Trinajstić information content (AvgIpc) is 3.12. The highest BCUT2D eigenvalue weighted by atomic mass is 16.6. The summed E-state index contributed by atoms with van der Waals surface area (Å²) in [5, 5.41) is 10.2. The van der Waals surface area contributed by atoms with Crippen LogP contribution in [-0.4, -0.2) is 82.8 Å². The van der Waals surface area contributed by atoms with Crippen LogP contribution in [0.3, 0.4) is 0 Å². The van der Waals surface area contributed by atoms with Crippen molar-refractivity contribution in [1.82, 2.24) is 9.80 Å². The molecule has 4 aliphatic heterocycles. The number of cyclic esters (lactones) is 1. The zero-order valence-corrected chi connectivity index (χ0v) is 19.1. The molecule has 32 heavy (non-hydrogen) atoms. The van der Waals surface area contributed by atoms with Gasteiger partial charge in [0.15, 0.2) is 0 Å². The Balaban J connectivity index is 1.84. The van der Waals surface area contributed by atoms with Crippen molar-refractivity contribution in [1.29, 1.82) is 0 Å². The maximum absolute atomic E-state index is 13.9. The Bertz CT molecular complexity index is 823. The number of unbranched alkanes of at least 4 members (excludes halogenated alkanes) is 1. The quantitative estimate of drug-likeness (QED) is 0.488. The third kappa shape index (κ3) is 3.48. The monoisotopic (exact) mass is 446 g/mol. The second kappa shape index (κ2) is 8.98. The SMILES string of the molecule is CCCCN1CC=C[C@]23O[C@@H]4C=CCCOC(=O)[C@@H]4[C@H]2C(=O)N([C@@H](CO)C(C)C)C3C1=O. The highest BCUT2D eigenvalue weighted by molar-refractivity contribution is 5.99. The van der Waals surface area contributed by atoms with E-state index < -0.39 is 41.6 Å². The van der Waals surface area contributed by atoms with E-state index in [0.29, 0.717) is 19.5 Å². The van der Waals surface area contributed by atoms with E-state index in [2.05, 4.69) is 6.92 Å². The number of fused-ring (bicyclic) bond motifs is 2. The molecule has 0 saturated carbocycles. The lowest BCUT2D eigenvalue weighted by molar-refractivity contribution is -0.157. The summed E-state index contributed by atoms with van der Waals surface area (Å²) in [6, 6.07) is -1.48. The van der Waals surface area contributed by atoms with Crippen molar-refractivity contribution in [3.8, 4) is 0 Å². The Morgan fingerprint density at radius 3 is 2.69 bits per heavy atom. The topological polar surface area (TPSA) is 96.4 Å². The van der Waals surface area contributed by atoms with Crippen molar-refractivity contribution in [2.75, 3.05) is 26.3 Å². The van der Waals surface area contributed by atoms with Crippen molar-refractivity contribution in [3.63, 3.8) is 0 Å². The predicted octanol–water partition coefficient (Wildman–Crippen LogP) is 1.29. The zero-order valence-electron chi connectivity index (χ0n) is 19.1. The van der Waals surface area contributed by atoms with E-state index in [4.69, 9.17) is 9.47 Å². The predicted molar refractivity (Wildman–Crippen MR) is 116 cm³/mol. The van der Waals surface area contributed by atoms with Gasteiger partial charge in [-0.2, -0.15) is 0 Å². The molecule has 4 heterocycles. The summed E-state index contributed by atoms with van der Waals surface area (Å²) >= 11 is 0. The molecule has 2 saturated heterocycles. The number of hydrogen-bond acceptors (Lipinski definition) is 6. The van der Waals surface area contributed by atoms with Crippen LogP contribution in [0.25, 0.3) is 0 Å². The molecule has 0 aromatic carbocycles. The number of likely N-dealkylation sites (tertiary alicyclic amines) is 1. The number of nitrogens with zero attached hydrogens (tertiary/aromatic N) is 2. The van der Waals surface area contributed by atoms with Crippen LogP contribution in [0.1, 0.15) is 40.0 Å². The maximum Gasteiger partial charge on any atom is 0.312 e. The van der Waals surface area contributed by atoms with Crippen molar-refractivity contribution in [2.24, 2.45) is 17.8 Å². The fraction of sp³-hybridized carbons (Fsp3) is 0.708. The van der Waals surface area contributed by atoms with Crippen LogP contribution in [0.4, 0.5) is 0 Å². The van der Waals surface area contributed by atoms with Crippen LogP contribution < -0.4 is 0 Å². The number of rotatable bonds is 6. The minimum absolute atomic E-state index is 0.0797. The van der Waals surface area contributed by atoms with E-state index in [1.54, 1.807) is 4.90 Å². The molecule has 1 unspecified atom stereocenters. The number of esters is 1. The number of aliphatic hydroxyl groups is 1. The number of carbonyl (C=O) groups excluding carboxylic acids is 3. The molecule has 4 aliphatic rings. The minimum Gasteiger partial charge on any atom is -0.465 e. The molecule has 2 amide bonds. The van der Waals surface area contributed by atoms with Gasteiger partial charge in [-0.25, -0.2) is 0 Å². The van der Waals surface area contributed by atoms with Gasteiger partial charge in [-0.1, -0.05) is 51.5 Å². The molecular weight excluding hydrogens is 412 g/mol. The maximum atomic E-state index is 13.9.